The van der Waals surface area contributed by atoms with Gasteiger partial charge in [-0.3, -0.25) is 4.79 Å². The number of piperazine rings is 1. The molecular weight excluding hydrogens is 342 g/mol. The van der Waals surface area contributed by atoms with Crippen LogP contribution in [0.3, 0.4) is 0 Å². The summed E-state index contributed by atoms with van der Waals surface area (Å²) in [6.45, 7) is 4.24. The molecule has 25 heavy (non-hydrogen) atoms. The van der Waals surface area contributed by atoms with Crippen molar-refractivity contribution in [2.45, 2.75) is 25.4 Å². The van der Waals surface area contributed by atoms with Gasteiger partial charge in [-0.1, -0.05) is 0 Å². The average molecular weight is 368 g/mol. The molecule has 1 amide bonds. The van der Waals surface area contributed by atoms with Crippen molar-refractivity contribution in [3.05, 3.63) is 24.3 Å². The number of likely N-dealkylation sites (tertiary alicyclic amines) is 1. The average Bonchev–Trinajstić information content (AvgIpc) is 3.16. The maximum atomic E-state index is 12.4. The van der Waals surface area contributed by atoms with E-state index >= 15 is 0 Å². The number of amides is 1. The van der Waals surface area contributed by atoms with E-state index in [1.807, 2.05) is 31.2 Å². The summed E-state index contributed by atoms with van der Waals surface area (Å²) >= 11 is 0. The Morgan fingerprint density at radius 3 is 2.52 bits per heavy atom. The molecule has 1 aromatic rings. The topological polar surface area (TPSA) is 94.6 Å². The summed E-state index contributed by atoms with van der Waals surface area (Å²) in [6.07, 6.45) is 0.897. The summed E-state index contributed by atoms with van der Waals surface area (Å²) in [5.74, 6) is 0.156. The fourth-order valence-corrected chi connectivity index (χ4v) is 4.88. The van der Waals surface area contributed by atoms with Crippen LogP contribution in [0.1, 0.15) is 13.3 Å². The third-order valence-electron chi connectivity index (χ3n) is 4.84. The van der Waals surface area contributed by atoms with Gasteiger partial charge in [-0.15, -0.1) is 0 Å². The highest BCUT2D eigenvalue weighted by atomic mass is 32.2. The molecule has 0 aliphatic carbocycles. The van der Waals surface area contributed by atoms with Crippen LogP contribution in [-0.4, -0.2) is 69.1 Å². The number of hydrogen-bond donors (Lipinski definition) is 1. The number of hydrogen-bond acceptors (Lipinski definition) is 5. The minimum absolute atomic E-state index is 0.0288. The molecule has 2 atom stereocenters. The van der Waals surface area contributed by atoms with Crippen LogP contribution < -0.4 is 15.4 Å². The lowest BCUT2D eigenvalue weighted by Crippen LogP contribution is -2.54. The zero-order chi connectivity index (χ0) is 18.0. The molecule has 2 aliphatic rings. The van der Waals surface area contributed by atoms with Crippen molar-refractivity contribution in [1.82, 2.24) is 4.90 Å². The van der Waals surface area contributed by atoms with Gasteiger partial charge in [0.15, 0.2) is 9.84 Å². The molecule has 0 saturated carbocycles. The molecule has 2 bridgehead atoms. The Morgan fingerprint density at radius 1 is 1.24 bits per heavy atom. The Labute approximate surface area is 148 Å². The van der Waals surface area contributed by atoms with Crippen LogP contribution in [0.25, 0.3) is 0 Å². The Morgan fingerprint density at radius 2 is 1.96 bits per heavy atom. The second kappa shape index (κ2) is 7.21. The quantitative estimate of drug-likeness (QED) is 0.702. The monoisotopic (exact) mass is 368 g/mol. The Hall–Kier alpha value is -1.80. The van der Waals surface area contributed by atoms with E-state index < -0.39 is 15.6 Å². The number of benzene rings is 1. The van der Waals surface area contributed by atoms with Crippen LogP contribution in [0.2, 0.25) is 0 Å². The van der Waals surface area contributed by atoms with E-state index in [9.17, 15) is 13.2 Å². The van der Waals surface area contributed by atoms with Gasteiger partial charge in [-0.2, -0.15) is 0 Å². The molecule has 2 heterocycles. The summed E-state index contributed by atoms with van der Waals surface area (Å²) < 4.78 is 29.2. The molecule has 0 radical (unpaired) electrons. The van der Waals surface area contributed by atoms with Crippen LogP contribution in [0.4, 0.5) is 5.69 Å². The maximum absolute atomic E-state index is 12.4. The standard InChI is InChI=1S/C17H25N3O4S/c1-2-24-16-5-3-13(4-6-16)19-10-15-9-14(19)11-20(15)17(21)12-25(22,23)8-7-18/h3-6,14-15H,2,7-12,18H2,1H3/p+1. The lowest BCUT2D eigenvalue weighted by Gasteiger charge is -2.35. The first-order valence-electron chi connectivity index (χ1n) is 8.72. The zero-order valence-electron chi connectivity index (χ0n) is 14.6. The molecule has 3 rings (SSSR count). The van der Waals surface area contributed by atoms with Crippen LogP contribution >= 0.6 is 0 Å². The largest absolute Gasteiger partial charge is 0.494 e. The predicted octanol–water partition coefficient (Wildman–Crippen LogP) is -0.468. The van der Waals surface area contributed by atoms with Crippen molar-refractivity contribution in [3.63, 3.8) is 0 Å². The molecule has 2 saturated heterocycles. The maximum Gasteiger partial charge on any atom is 0.238 e. The lowest BCUT2D eigenvalue weighted by molar-refractivity contribution is -0.360. The number of anilines is 1. The van der Waals surface area contributed by atoms with Crippen LogP contribution in [0.15, 0.2) is 24.3 Å². The zero-order valence-corrected chi connectivity index (χ0v) is 15.4. The number of carbonyl (C=O) groups excluding carboxylic acids is 1. The van der Waals surface area contributed by atoms with Crippen molar-refractivity contribution in [1.29, 1.82) is 0 Å². The minimum Gasteiger partial charge on any atom is -0.494 e. The van der Waals surface area contributed by atoms with Gasteiger partial charge in [0, 0.05) is 24.8 Å². The number of quaternary nitrogens is 1. The van der Waals surface area contributed by atoms with E-state index in [-0.39, 0.29) is 23.7 Å². The summed E-state index contributed by atoms with van der Waals surface area (Å²) in [5, 5.41) is 0. The normalized spacial score (nSPS) is 22.5. The van der Waals surface area contributed by atoms with Gasteiger partial charge >= 0.3 is 0 Å². The SMILES string of the molecule is CCOc1ccc(N2CC3CC2CN3C(=O)CS(=O)(=O)CC[NH3+])cc1. The van der Waals surface area contributed by atoms with E-state index in [0.717, 1.165) is 24.4 Å². The first-order chi connectivity index (χ1) is 11.9. The third kappa shape index (κ3) is 3.90. The van der Waals surface area contributed by atoms with E-state index in [1.54, 1.807) is 4.90 Å². The van der Waals surface area contributed by atoms with Gasteiger partial charge in [0.05, 0.1) is 24.9 Å². The molecule has 3 N–H and O–H groups in total. The van der Waals surface area contributed by atoms with E-state index in [0.29, 0.717) is 19.7 Å². The first-order valence-corrected chi connectivity index (χ1v) is 10.5. The highest BCUT2D eigenvalue weighted by Gasteiger charge is 2.45. The van der Waals surface area contributed by atoms with Crippen molar-refractivity contribution >= 4 is 21.4 Å². The minimum atomic E-state index is -3.34. The Bertz CT molecular complexity index is 720. The van der Waals surface area contributed by atoms with Gasteiger partial charge < -0.3 is 20.3 Å². The second-order valence-electron chi connectivity index (χ2n) is 6.61. The fraction of sp³-hybridized carbons (Fsp3) is 0.588. The fourth-order valence-electron chi connectivity index (χ4n) is 3.75. The number of ether oxygens (including phenoxy) is 1. The van der Waals surface area contributed by atoms with Crippen molar-refractivity contribution in [3.8, 4) is 5.75 Å². The number of fused-ring (bicyclic) bond motifs is 2. The molecule has 2 aliphatic heterocycles. The molecule has 1 aromatic carbocycles. The molecule has 2 fully saturated rings. The van der Waals surface area contributed by atoms with Crippen LogP contribution in [-0.2, 0) is 14.6 Å². The van der Waals surface area contributed by atoms with Gasteiger partial charge in [0.25, 0.3) is 0 Å². The van der Waals surface area contributed by atoms with Gasteiger partial charge in [0.1, 0.15) is 11.5 Å². The molecule has 2 unspecified atom stereocenters. The number of nitrogens with zero attached hydrogens (tertiary/aromatic N) is 2. The number of sulfone groups is 1. The lowest BCUT2D eigenvalue weighted by atomic mass is 10.2. The second-order valence-corrected chi connectivity index (χ2v) is 8.80. The van der Waals surface area contributed by atoms with Crippen molar-refractivity contribution in [2.75, 3.05) is 42.6 Å². The van der Waals surface area contributed by atoms with E-state index in [4.69, 9.17) is 4.74 Å². The van der Waals surface area contributed by atoms with Gasteiger partial charge in [0.2, 0.25) is 5.91 Å². The highest BCUT2D eigenvalue weighted by molar-refractivity contribution is 7.92. The van der Waals surface area contributed by atoms with Crippen molar-refractivity contribution in [2.24, 2.45) is 0 Å². The summed E-state index contributed by atoms with van der Waals surface area (Å²) in [7, 11) is -3.34. The van der Waals surface area contributed by atoms with Crippen molar-refractivity contribution < 1.29 is 23.7 Å². The van der Waals surface area contributed by atoms with Gasteiger partial charge in [-0.25, -0.2) is 8.42 Å². The first kappa shape index (κ1) is 18.0. The predicted molar refractivity (Wildman–Crippen MR) is 95.3 cm³/mol. The molecule has 0 aromatic heterocycles. The van der Waals surface area contributed by atoms with Gasteiger partial charge in [-0.05, 0) is 37.6 Å². The molecule has 138 valence electrons. The third-order valence-corrected chi connectivity index (χ3v) is 6.44. The molecule has 8 heteroatoms. The molecule has 0 spiro atoms. The Kier molecular flexibility index (Phi) is 5.19. The molecule has 7 nitrogen and oxygen atoms in total. The number of rotatable bonds is 7. The van der Waals surface area contributed by atoms with Crippen LogP contribution in [0.5, 0.6) is 5.75 Å². The molecular formula is C17H26N3O4S+. The summed E-state index contributed by atoms with van der Waals surface area (Å²) in [5.41, 5.74) is 4.67. The Balaban J connectivity index is 1.61. The summed E-state index contributed by atoms with van der Waals surface area (Å²) in [6, 6.07) is 8.34. The summed E-state index contributed by atoms with van der Waals surface area (Å²) in [4.78, 5) is 16.4. The van der Waals surface area contributed by atoms with Crippen LogP contribution in [0, 0.1) is 0 Å². The van der Waals surface area contributed by atoms with E-state index in [2.05, 4.69) is 10.6 Å². The smallest absolute Gasteiger partial charge is 0.238 e. The highest BCUT2D eigenvalue weighted by Crippen LogP contribution is 2.35. The van der Waals surface area contributed by atoms with E-state index in [1.165, 1.54) is 0 Å². The number of carbonyl (C=O) groups is 1.